The normalized spacial score (nSPS) is 23.7. The van der Waals surface area contributed by atoms with Gasteiger partial charge in [0.15, 0.2) is 6.04 Å². The van der Waals surface area contributed by atoms with Crippen molar-refractivity contribution in [2.24, 2.45) is 0 Å². The molecule has 1 amide bonds. The summed E-state index contributed by atoms with van der Waals surface area (Å²) >= 11 is 0. The molecule has 2 heterocycles. The topological polar surface area (TPSA) is 40.2 Å². The summed E-state index contributed by atoms with van der Waals surface area (Å²) in [6.45, 7) is 4.72. The Hall–Kier alpha value is -1.55. The Balaban J connectivity index is 1.56. The largest absolute Gasteiger partial charge is 0.368 e. The van der Waals surface area contributed by atoms with Crippen LogP contribution < -0.4 is 10.2 Å². The van der Waals surface area contributed by atoms with Crippen LogP contribution in [0, 0.1) is 0 Å². The summed E-state index contributed by atoms with van der Waals surface area (Å²) in [5.74, 6) is 0.352. The van der Waals surface area contributed by atoms with Gasteiger partial charge in [-0.25, -0.2) is 0 Å². The molecule has 0 aliphatic carbocycles. The molecule has 0 unspecified atom stereocenters. The van der Waals surface area contributed by atoms with Crippen molar-refractivity contribution in [3.05, 3.63) is 30.3 Å². The summed E-state index contributed by atoms with van der Waals surface area (Å²) in [7, 11) is 0. The van der Waals surface area contributed by atoms with E-state index < -0.39 is 0 Å². The summed E-state index contributed by atoms with van der Waals surface area (Å²) in [6.07, 6.45) is 2.23. The number of carbonyl (C=O) groups excluding carboxylic acids is 1. The molecule has 1 aromatic carbocycles. The van der Waals surface area contributed by atoms with Gasteiger partial charge in [-0.05, 0) is 12.1 Å². The first-order valence-corrected chi connectivity index (χ1v) is 7.27. The molecule has 0 spiro atoms. The molecule has 2 aliphatic heterocycles. The van der Waals surface area contributed by atoms with Crippen molar-refractivity contribution in [2.45, 2.75) is 18.9 Å². The highest BCUT2D eigenvalue weighted by Crippen LogP contribution is 2.16. The van der Waals surface area contributed by atoms with Gasteiger partial charge in [-0.3, -0.25) is 4.79 Å². The monoisotopic (exact) mass is 260 g/mol. The SMILES string of the molecule is O=C([C@@H]1CCC[NH2+]1)N1CCN(c2ccccc2)CC1. The van der Waals surface area contributed by atoms with E-state index in [1.807, 2.05) is 11.0 Å². The zero-order valence-electron chi connectivity index (χ0n) is 11.3. The maximum absolute atomic E-state index is 12.3. The van der Waals surface area contributed by atoms with Gasteiger partial charge in [0.05, 0.1) is 6.54 Å². The average Bonchev–Trinajstić information content (AvgIpc) is 3.02. The fourth-order valence-corrected chi connectivity index (χ4v) is 3.06. The number of quaternary nitrogens is 1. The van der Waals surface area contributed by atoms with Crippen LogP contribution in [0.3, 0.4) is 0 Å². The molecule has 19 heavy (non-hydrogen) atoms. The summed E-state index contributed by atoms with van der Waals surface area (Å²) in [5.41, 5.74) is 1.27. The van der Waals surface area contributed by atoms with Crippen LogP contribution in [0.5, 0.6) is 0 Å². The van der Waals surface area contributed by atoms with E-state index in [4.69, 9.17) is 0 Å². The fourth-order valence-electron chi connectivity index (χ4n) is 3.06. The lowest BCUT2D eigenvalue weighted by atomic mass is 10.1. The van der Waals surface area contributed by atoms with Gasteiger partial charge in [0.25, 0.3) is 5.91 Å². The first-order chi connectivity index (χ1) is 9.34. The highest BCUT2D eigenvalue weighted by Gasteiger charge is 2.32. The lowest BCUT2D eigenvalue weighted by molar-refractivity contribution is -0.658. The molecule has 4 heteroatoms. The Bertz CT molecular complexity index is 420. The molecule has 2 aliphatic rings. The second kappa shape index (κ2) is 5.61. The van der Waals surface area contributed by atoms with Crippen molar-refractivity contribution in [2.75, 3.05) is 37.6 Å². The van der Waals surface area contributed by atoms with E-state index in [2.05, 4.69) is 34.5 Å². The summed E-state index contributed by atoms with van der Waals surface area (Å²) in [5, 5.41) is 2.20. The molecule has 102 valence electrons. The molecule has 4 nitrogen and oxygen atoms in total. The van der Waals surface area contributed by atoms with Gasteiger partial charge >= 0.3 is 0 Å². The average molecular weight is 260 g/mol. The fraction of sp³-hybridized carbons (Fsp3) is 0.533. The first-order valence-electron chi connectivity index (χ1n) is 7.27. The molecule has 0 radical (unpaired) electrons. The molecule has 1 aromatic rings. The Morgan fingerprint density at radius 1 is 1.11 bits per heavy atom. The van der Waals surface area contributed by atoms with Crippen molar-refractivity contribution < 1.29 is 10.1 Å². The smallest absolute Gasteiger partial charge is 0.280 e. The highest BCUT2D eigenvalue weighted by atomic mass is 16.2. The second-order valence-corrected chi connectivity index (χ2v) is 5.42. The number of benzene rings is 1. The lowest BCUT2D eigenvalue weighted by Crippen LogP contribution is -2.89. The van der Waals surface area contributed by atoms with Crippen LogP contribution in [0.15, 0.2) is 30.3 Å². The van der Waals surface area contributed by atoms with Gasteiger partial charge in [-0.1, -0.05) is 18.2 Å². The van der Waals surface area contributed by atoms with Gasteiger partial charge < -0.3 is 15.1 Å². The summed E-state index contributed by atoms with van der Waals surface area (Å²) in [4.78, 5) is 16.7. The summed E-state index contributed by atoms with van der Waals surface area (Å²) < 4.78 is 0. The van der Waals surface area contributed by atoms with E-state index >= 15 is 0 Å². The van der Waals surface area contributed by atoms with E-state index in [-0.39, 0.29) is 6.04 Å². The number of nitrogens with zero attached hydrogens (tertiary/aromatic N) is 2. The zero-order valence-corrected chi connectivity index (χ0v) is 11.3. The number of carbonyl (C=O) groups is 1. The van der Waals surface area contributed by atoms with E-state index in [1.165, 1.54) is 12.1 Å². The molecule has 0 saturated carbocycles. The van der Waals surface area contributed by atoms with Crippen LogP contribution in [0.4, 0.5) is 5.69 Å². The number of hydrogen-bond acceptors (Lipinski definition) is 2. The third kappa shape index (κ3) is 2.73. The third-order valence-electron chi connectivity index (χ3n) is 4.20. The molecule has 0 bridgehead atoms. The molecular weight excluding hydrogens is 238 g/mol. The Morgan fingerprint density at radius 3 is 2.47 bits per heavy atom. The van der Waals surface area contributed by atoms with Crippen LogP contribution in [-0.2, 0) is 4.79 Å². The third-order valence-corrected chi connectivity index (χ3v) is 4.20. The van der Waals surface area contributed by atoms with Gasteiger partial charge in [0.1, 0.15) is 0 Å². The van der Waals surface area contributed by atoms with E-state index in [0.29, 0.717) is 5.91 Å². The number of nitrogens with two attached hydrogens (primary N) is 1. The van der Waals surface area contributed by atoms with Crippen LogP contribution in [0.25, 0.3) is 0 Å². The second-order valence-electron chi connectivity index (χ2n) is 5.42. The Kier molecular flexibility index (Phi) is 3.69. The van der Waals surface area contributed by atoms with Gasteiger partial charge in [0, 0.05) is 44.7 Å². The van der Waals surface area contributed by atoms with Crippen LogP contribution in [0.1, 0.15) is 12.8 Å². The molecule has 2 N–H and O–H groups in total. The number of amides is 1. The van der Waals surface area contributed by atoms with Crippen LogP contribution >= 0.6 is 0 Å². The van der Waals surface area contributed by atoms with Gasteiger partial charge in [-0.2, -0.15) is 0 Å². The lowest BCUT2D eigenvalue weighted by Gasteiger charge is -2.36. The van der Waals surface area contributed by atoms with Crippen molar-refractivity contribution >= 4 is 11.6 Å². The molecule has 2 fully saturated rings. The Labute approximate surface area is 114 Å². The van der Waals surface area contributed by atoms with E-state index in [1.54, 1.807) is 0 Å². The quantitative estimate of drug-likeness (QED) is 0.817. The van der Waals surface area contributed by atoms with Crippen molar-refractivity contribution in [1.29, 1.82) is 0 Å². The van der Waals surface area contributed by atoms with Gasteiger partial charge in [0.2, 0.25) is 0 Å². The molecule has 1 atom stereocenters. The minimum absolute atomic E-state index is 0.197. The number of hydrogen-bond donors (Lipinski definition) is 1. The minimum atomic E-state index is 0.197. The maximum Gasteiger partial charge on any atom is 0.280 e. The maximum atomic E-state index is 12.3. The number of rotatable bonds is 2. The molecule has 2 saturated heterocycles. The highest BCUT2D eigenvalue weighted by molar-refractivity contribution is 5.80. The Morgan fingerprint density at radius 2 is 1.84 bits per heavy atom. The zero-order chi connectivity index (χ0) is 13.1. The van der Waals surface area contributed by atoms with Crippen molar-refractivity contribution in [3.8, 4) is 0 Å². The van der Waals surface area contributed by atoms with Gasteiger partial charge in [-0.15, -0.1) is 0 Å². The number of piperazine rings is 1. The molecular formula is C15H22N3O+. The van der Waals surface area contributed by atoms with Crippen molar-refractivity contribution in [1.82, 2.24) is 4.90 Å². The first kappa shape index (κ1) is 12.5. The van der Waals surface area contributed by atoms with Crippen molar-refractivity contribution in [3.63, 3.8) is 0 Å². The predicted octanol–water partition coefficient (Wildman–Crippen LogP) is 0.0610. The standard InChI is InChI=1S/C15H21N3O/c19-15(14-7-4-8-16-14)18-11-9-17(10-12-18)13-5-2-1-3-6-13/h1-3,5-6,14,16H,4,7-12H2/p+1/t14-/m0/s1. The molecule has 0 aromatic heterocycles. The van der Waals surface area contributed by atoms with Crippen LogP contribution in [0.2, 0.25) is 0 Å². The van der Waals surface area contributed by atoms with Crippen LogP contribution in [-0.4, -0.2) is 49.6 Å². The van der Waals surface area contributed by atoms with E-state index in [9.17, 15) is 4.79 Å². The molecule has 3 rings (SSSR count). The number of anilines is 1. The number of para-hydroxylation sites is 1. The summed E-state index contributed by atoms with van der Waals surface area (Å²) in [6, 6.07) is 10.7. The minimum Gasteiger partial charge on any atom is -0.368 e. The predicted molar refractivity (Wildman–Crippen MR) is 75.0 cm³/mol. The van der Waals surface area contributed by atoms with E-state index in [0.717, 1.165) is 39.1 Å².